The number of benzene rings is 1. The van der Waals surface area contributed by atoms with E-state index in [9.17, 15) is 24.0 Å². The summed E-state index contributed by atoms with van der Waals surface area (Å²) in [6.07, 6.45) is 3.15. The third-order valence-corrected chi connectivity index (χ3v) is 7.09. The van der Waals surface area contributed by atoms with Gasteiger partial charge in [-0.1, -0.05) is 6.07 Å². The van der Waals surface area contributed by atoms with Crippen molar-refractivity contribution in [3.8, 4) is 0 Å². The first-order chi connectivity index (χ1) is 15.5. The van der Waals surface area contributed by atoms with E-state index >= 15 is 0 Å². The van der Waals surface area contributed by atoms with Crippen molar-refractivity contribution in [3.63, 3.8) is 0 Å². The number of piperidine rings is 2. The molecule has 1 unspecified atom stereocenters. The maximum Gasteiger partial charge on any atom is 0.264 e. The van der Waals surface area contributed by atoms with Gasteiger partial charge >= 0.3 is 0 Å². The molecular weight excluding hydrogens is 412 g/mol. The van der Waals surface area contributed by atoms with E-state index in [1.165, 1.54) is 0 Å². The molecule has 0 saturated carbocycles. The van der Waals surface area contributed by atoms with Gasteiger partial charge in [-0.2, -0.15) is 0 Å². The molecule has 0 radical (unpaired) electrons. The zero-order valence-corrected chi connectivity index (χ0v) is 17.8. The van der Waals surface area contributed by atoms with Gasteiger partial charge in [0.2, 0.25) is 11.8 Å². The standard InChI is InChI=1S/C23H26N4O5/c28-13-14-6-8-25(9-7-14)10-15-11-26(12-15)17-3-1-2-16-20(17)23(32)27(22(16)31)18-4-5-19(29)24-21(18)30/h1-3,13-15,18H,4-12H2,(H,24,29,30). The predicted molar refractivity (Wildman–Crippen MR) is 114 cm³/mol. The zero-order chi connectivity index (χ0) is 22.4. The van der Waals surface area contributed by atoms with E-state index < -0.39 is 23.8 Å². The van der Waals surface area contributed by atoms with Gasteiger partial charge in [0.1, 0.15) is 12.3 Å². The number of nitrogens with one attached hydrogen (secondary N) is 1. The van der Waals surface area contributed by atoms with Crippen molar-refractivity contribution >= 4 is 35.6 Å². The molecule has 4 aliphatic rings. The fraction of sp³-hybridized carbons (Fsp3) is 0.522. The zero-order valence-electron chi connectivity index (χ0n) is 17.8. The topological polar surface area (TPSA) is 107 Å². The second-order valence-corrected chi connectivity index (χ2v) is 9.19. The Kier molecular flexibility index (Phi) is 5.28. The number of hydrogen-bond donors (Lipinski definition) is 1. The summed E-state index contributed by atoms with van der Waals surface area (Å²) in [5.74, 6) is -1.26. The smallest absolute Gasteiger partial charge is 0.264 e. The van der Waals surface area contributed by atoms with Crippen molar-refractivity contribution < 1.29 is 24.0 Å². The van der Waals surface area contributed by atoms with Crippen LogP contribution in [0.1, 0.15) is 46.4 Å². The normalized spacial score (nSPS) is 25.1. The van der Waals surface area contributed by atoms with Crippen LogP contribution < -0.4 is 10.2 Å². The molecule has 9 nitrogen and oxygen atoms in total. The first-order valence-electron chi connectivity index (χ1n) is 11.2. The Bertz CT molecular complexity index is 994. The quantitative estimate of drug-likeness (QED) is 0.525. The molecule has 1 atom stereocenters. The lowest BCUT2D eigenvalue weighted by Gasteiger charge is -2.44. The number of aldehydes is 1. The van der Waals surface area contributed by atoms with E-state index in [2.05, 4.69) is 15.1 Å². The second-order valence-electron chi connectivity index (χ2n) is 9.19. The molecule has 9 heteroatoms. The van der Waals surface area contributed by atoms with E-state index in [1.807, 2.05) is 6.07 Å². The molecule has 1 aromatic carbocycles. The molecule has 0 spiro atoms. The van der Waals surface area contributed by atoms with Crippen LogP contribution in [0.2, 0.25) is 0 Å². The fourth-order valence-corrected chi connectivity index (χ4v) is 5.28. The highest BCUT2D eigenvalue weighted by Crippen LogP contribution is 2.37. The molecule has 168 valence electrons. The van der Waals surface area contributed by atoms with Crippen molar-refractivity contribution in [2.75, 3.05) is 37.6 Å². The first-order valence-corrected chi connectivity index (χ1v) is 11.2. The Balaban J connectivity index is 1.27. The summed E-state index contributed by atoms with van der Waals surface area (Å²) < 4.78 is 0. The summed E-state index contributed by atoms with van der Waals surface area (Å²) in [4.78, 5) is 66.4. The molecule has 5 rings (SSSR count). The van der Waals surface area contributed by atoms with Gasteiger partial charge < -0.3 is 14.6 Å². The molecule has 4 heterocycles. The molecule has 0 bridgehead atoms. The molecule has 32 heavy (non-hydrogen) atoms. The minimum Gasteiger partial charge on any atom is -0.370 e. The van der Waals surface area contributed by atoms with Crippen molar-refractivity contribution in [1.29, 1.82) is 0 Å². The number of nitrogens with zero attached hydrogens (tertiary/aromatic N) is 3. The highest BCUT2D eigenvalue weighted by atomic mass is 16.2. The number of carbonyl (C=O) groups excluding carboxylic acids is 5. The summed E-state index contributed by atoms with van der Waals surface area (Å²) in [6.45, 7) is 4.43. The van der Waals surface area contributed by atoms with E-state index in [-0.39, 0.29) is 24.7 Å². The number of amides is 4. The van der Waals surface area contributed by atoms with Crippen LogP contribution in [-0.4, -0.2) is 78.5 Å². The van der Waals surface area contributed by atoms with Crippen LogP contribution in [0.15, 0.2) is 18.2 Å². The number of imide groups is 2. The van der Waals surface area contributed by atoms with Gasteiger partial charge in [-0.3, -0.25) is 29.4 Å². The Hall–Kier alpha value is -3.07. The fourth-order valence-electron chi connectivity index (χ4n) is 5.28. The van der Waals surface area contributed by atoms with E-state index in [4.69, 9.17) is 0 Å². The Labute approximate surface area is 185 Å². The van der Waals surface area contributed by atoms with Crippen molar-refractivity contribution in [2.45, 2.75) is 31.7 Å². The van der Waals surface area contributed by atoms with Crippen LogP contribution in [0.5, 0.6) is 0 Å². The van der Waals surface area contributed by atoms with Crippen LogP contribution in [-0.2, 0) is 14.4 Å². The summed E-state index contributed by atoms with van der Waals surface area (Å²) in [7, 11) is 0. The lowest BCUT2D eigenvalue weighted by Crippen LogP contribution is -2.54. The minimum atomic E-state index is -0.952. The molecule has 3 saturated heterocycles. The van der Waals surface area contributed by atoms with E-state index in [0.29, 0.717) is 17.0 Å². The van der Waals surface area contributed by atoms with Crippen LogP contribution in [0, 0.1) is 11.8 Å². The van der Waals surface area contributed by atoms with Gasteiger partial charge in [0.05, 0.1) is 16.8 Å². The van der Waals surface area contributed by atoms with Gasteiger partial charge in [-0.15, -0.1) is 0 Å². The van der Waals surface area contributed by atoms with Gasteiger partial charge in [-0.25, -0.2) is 0 Å². The number of fused-ring (bicyclic) bond motifs is 1. The number of likely N-dealkylation sites (tertiary alicyclic amines) is 1. The third kappa shape index (κ3) is 3.50. The second kappa shape index (κ2) is 8.12. The largest absolute Gasteiger partial charge is 0.370 e. The summed E-state index contributed by atoms with van der Waals surface area (Å²) in [5.41, 5.74) is 1.40. The first kappa shape index (κ1) is 20.8. The Morgan fingerprint density at radius 1 is 1.00 bits per heavy atom. The van der Waals surface area contributed by atoms with E-state index in [0.717, 1.165) is 62.4 Å². The van der Waals surface area contributed by atoms with Gasteiger partial charge in [0.25, 0.3) is 11.8 Å². The average molecular weight is 438 g/mol. The Morgan fingerprint density at radius 3 is 2.44 bits per heavy atom. The van der Waals surface area contributed by atoms with Crippen molar-refractivity contribution in [1.82, 2.24) is 15.1 Å². The van der Waals surface area contributed by atoms with Gasteiger partial charge in [0.15, 0.2) is 0 Å². The van der Waals surface area contributed by atoms with Crippen LogP contribution in [0.3, 0.4) is 0 Å². The summed E-state index contributed by atoms with van der Waals surface area (Å²) >= 11 is 0. The number of anilines is 1. The number of rotatable bonds is 5. The molecule has 3 fully saturated rings. The summed E-state index contributed by atoms with van der Waals surface area (Å²) in [6, 6.07) is 4.29. The van der Waals surface area contributed by atoms with Crippen molar-refractivity contribution in [2.24, 2.45) is 11.8 Å². The number of carbonyl (C=O) groups is 5. The minimum absolute atomic E-state index is 0.106. The molecule has 4 amide bonds. The highest BCUT2D eigenvalue weighted by molar-refractivity contribution is 6.25. The van der Waals surface area contributed by atoms with Crippen LogP contribution in [0.4, 0.5) is 5.69 Å². The summed E-state index contributed by atoms with van der Waals surface area (Å²) in [5, 5.41) is 2.23. The lowest BCUT2D eigenvalue weighted by atomic mass is 9.93. The van der Waals surface area contributed by atoms with Gasteiger partial charge in [-0.05, 0) is 44.5 Å². The molecule has 4 aliphatic heterocycles. The molecule has 1 N–H and O–H groups in total. The van der Waals surface area contributed by atoms with E-state index in [1.54, 1.807) is 12.1 Å². The highest BCUT2D eigenvalue weighted by Gasteiger charge is 2.46. The average Bonchev–Trinajstić information content (AvgIpc) is 3.02. The molecule has 0 aromatic heterocycles. The predicted octanol–water partition coefficient (Wildman–Crippen LogP) is 0.435. The van der Waals surface area contributed by atoms with Crippen LogP contribution >= 0.6 is 0 Å². The van der Waals surface area contributed by atoms with Crippen molar-refractivity contribution in [3.05, 3.63) is 29.3 Å². The molecular formula is C23H26N4O5. The maximum atomic E-state index is 13.2. The Morgan fingerprint density at radius 2 is 1.75 bits per heavy atom. The number of hydrogen-bond acceptors (Lipinski definition) is 7. The SMILES string of the molecule is O=CC1CCN(CC2CN(c3cccc4c3C(=O)N(C3CCC(=O)NC3=O)C4=O)C2)CC1. The van der Waals surface area contributed by atoms with Gasteiger partial charge in [0, 0.05) is 37.9 Å². The molecule has 1 aromatic rings. The maximum absolute atomic E-state index is 13.2. The lowest BCUT2D eigenvalue weighted by molar-refractivity contribution is -0.136. The third-order valence-electron chi connectivity index (χ3n) is 7.09. The molecule has 0 aliphatic carbocycles. The van der Waals surface area contributed by atoms with Crippen LogP contribution in [0.25, 0.3) is 0 Å². The monoisotopic (exact) mass is 438 g/mol.